The summed E-state index contributed by atoms with van der Waals surface area (Å²) in [6.07, 6.45) is 0. The van der Waals surface area contributed by atoms with Crippen LogP contribution in [0.15, 0.2) is 77.2 Å². The molecule has 1 fully saturated rings. The van der Waals surface area contributed by atoms with Gasteiger partial charge in [-0.3, -0.25) is 14.5 Å². The Morgan fingerprint density at radius 3 is 2.25 bits per heavy atom. The van der Waals surface area contributed by atoms with E-state index in [9.17, 15) is 14.4 Å². The normalized spacial score (nSPS) is 16.0. The molecule has 0 bridgehead atoms. The third-order valence-corrected chi connectivity index (χ3v) is 5.51. The largest absolute Gasteiger partial charge is 0.464 e. The number of nitrogens with zero attached hydrogens (tertiary/aromatic N) is 3. The summed E-state index contributed by atoms with van der Waals surface area (Å²) in [6, 6.07) is 21.1. The summed E-state index contributed by atoms with van der Waals surface area (Å²) >= 11 is 0. The zero-order valence-corrected chi connectivity index (χ0v) is 18.1. The van der Waals surface area contributed by atoms with Crippen LogP contribution in [0.3, 0.4) is 0 Å². The Labute approximate surface area is 186 Å². The molecule has 0 radical (unpaired) electrons. The smallest absolute Gasteiger partial charge is 0.328 e. The van der Waals surface area contributed by atoms with Gasteiger partial charge in [0.2, 0.25) is 5.91 Å². The summed E-state index contributed by atoms with van der Waals surface area (Å²) in [5, 5.41) is 0. The first kappa shape index (κ1) is 21.4. The summed E-state index contributed by atoms with van der Waals surface area (Å²) in [4.78, 5) is 43.4. The first-order chi connectivity index (χ1) is 15.4. The molecule has 1 atom stereocenters. The van der Waals surface area contributed by atoms with E-state index in [-0.39, 0.29) is 25.5 Å². The van der Waals surface area contributed by atoms with Crippen LogP contribution in [0.4, 0.5) is 4.79 Å². The van der Waals surface area contributed by atoms with Gasteiger partial charge < -0.3 is 14.2 Å². The van der Waals surface area contributed by atoms with Gasteiger partial charge in [-0.2, -0.15) is 0 Å². The summed E-state index contributed by atoms with van der Waals surface area (Å²) < 4.78 is 5.53. The van der Waals surface area contributed by atoms with Crippen molar-refractivity contribution in [2.75, 3.05) is 13.6 Å². The number of likely N-dealkylation sites (N-methyl/N-ethyl adjacent to an activating group) is 1. The van der Waals surface area contributed by atoms with E-state index < -0.39 is 18.0 Å². The molecule has 32 heavy (non-hydrogen) atoms. The van der Waals surface area contributed by atoms with Crippen molar-refractivity contribution in [2.45, 2.75) is 26.1 Å². The zero-order chi connectivity index (χ0) is 22.7. The number of amides is 4. The second kappa shape index (κ2) is 9.09. The summed E-state index contributed by atoms with van der Waals surface area (Å²) in [5.41, 5.74) is 1.63. The molecule has 0 saturated carbocycles. The molecule has 4 amide bonds. The van der Waals surface area contributed by atoms with Crippen molar-refractivity contribution in [3.63, 3.8) is 0 Å². The number of urea groups is 1. The number of benzene rings is 2. The third kappa shape index (κ3) is 4.42. The highest BCUT2D eigenvalue weighted by Crippen LogP contribution is 2.32. The van der Waals surface area contributed by atoms with Crippen LogP contribution in [0.2, 0.25) is 0 Å². The molecule has 7 heteroatoms. The number of hydrogen-bond acceptors (Lipinski definition) is 4. The second-order valence-corrected chi connectivity index (χ2v) is 7.90. The minimum atomic E-state index is -0.769. The number of rotatable bonds is 7. The Morgan fingerprint density at radius 1 is 0.969 bits per heavy atom. The van der Waals surface area contributed by atoms with Crippen LogP contribution in [0.1, 0.15) is 28.7 Å². The number of carbonyl (C=O) groups excluding carboxylic acids is 3. The molecule has 4 rings (SSSR count). The lowest BCUT2D eigenvalue weighted by atomic mass is 10.1. The maximum absolute atomic E-state index is 13.3. The maximum atomic E-state index is 13.3. The maximum Gasteiger partial charge on any atom is 0.328 e. The first-order valence-corrected chi connectivity index (χ1v) is 10.4. The minimum Gasteiger partial charge on any atom is -0.464 e. The van der Waals surface area contributed by atoms with Crippen molar-refractivity contribution >= 4 is 17.8 Å². The molecule has 1 aliphatic rings. The van der Waals surface area contributed by atoms with Crippen LogP contribution in [0, 0.1) is 6.92 Å². The molecule has 0 N–H and O–H groups in total. The quantitative estimate of drug-likeness (QED) is 0.534. The van der Waals surface area contributed by atoms with Crippen molar-refractivity contribution in [3.05, 3.63) is 95.4 Å². The molecule has 0 spiro atoms. The Morgan fingerprint density at radius 2 is 1.62 bits per heavy atom. The van der Waals surface area contributed by atoms with E-state index in [0.717, 1.165) is 21.8 Å². The molecule has 2 aromatic carbocycles. The number of furan rings is 1. The van der Waals surface area contributed by atoms with Crippen molar-refractivity contribution in [2.24, 2.45) is 0 Å². The van der Waals surface area contributed by atoms with Gasteiger partial charge in [0.05, 0.1) is 6.54 Å². The molecule has 1 unspecified atom stereocenters. The molecule has 1 aliphatic heterocycles. The molecule has 3 aromatic rings. The fraction of sp³-hybridized carbons (Fsp3) is 0.240. The predicted octanol–water partition coefficient (Wildman–Crippen LogP) is 3.75. The van der Waals surface area contributed by atoms with Crippen LogP contribution >= 0.6 is 0 Å². The van der Waals surface area contributed by atoms with Gasteiger partial charge >= 0.3 is 6.03 Å². The number of imide groups is 1. The molecule has 2 heterocycles. The summed E-state index contributed by atoms with van der Waals surface area (Å²) in [7, 11) is 1.63. The van der Waals surface area contributed by atoms with Gasteiger partial charge in [0.1, 0.15) is 24.1 Å². The lowest BCUT2D eigenvalue weighted by Crippen LogP contribution is -2.41. The van der Waals surface area contributed by atoms with Gasteiger partial charge in [0.15, 0.2) is 0 Å². The molecule has 1 saturated heterocycles. The van der Waals surface area contributed by atoms with E-state index in [2.05, 4.69) is 0 Å². The Balaban J connectivity index is 1.54. The van der Waals surface area contributed by atoms with E-state index in [1.54, 1.807) is 13.1 Å². The van der Waals surface area contributed by atoms with Crippen LogP contribution < -0.4 is 0 Å². The predicted molar refractivity (Wildman–Crippen MR) is 118 cm³/mol. The van der Waals surface area contributed by atoms with Crippen molar-refractivity contribution < 1.29 is 18.8 Å². The highest BCUT2D eigenvalue weighted by molar-refractivity contribution is 6.06. The van der Waals surface area contributed by atoms with Gasteiger partial charge in [-0.15, -0.1) is 0 Å². The molecule has 1 aromatic heterocycles. The molecule has 7 nitrogen and oxygen atoms in total. The van der Waals surface area contributed by atoms with Crippen LogP contribution in [-0.4, -0.2) is 46.1 Å². The van der Waals surface area contributed by atoms with Crippen molar-refractivity contribution in [3.8, 4) is 0 Å². The zero-order valence-electron chi connectivity index (χ0n) is 18.1. The number of carbonyl (C=O) groups is 3. The van der Waals surface area contributed by atoms with E-state index in [1.807, 2.05) is 73.7 Å². The highest BCUT2D eigenvalue weighted by atomic mass is 16.3. The van der Waals surface area contributed by atoms with Gasteiger partial charge in [-0.05, 0) is 30.2 Å². The molecular formula is C25H25N3O4. The van der Waals surface area contributed by atoms with Gasteiger partial charge in [-0.25, -0.2) is 4.79 Å². The summed E-state index contributed by atoms with van der Waals surface area (Å²) in [6.45, 7) is 2.05. The monoisotopic (exact) mass is 431 g/mol. The molecular weight excluding hydrogens is 406 g/mol. The Bertz CT molecular complexity index is 1110. The fourth-order valence-electron chi connectivity index (χ4n) is 3.83. The van der Waals surface area contributed by atoms with Gasteiger partial charge in [-0.1, -0.05) is 60.7 Å². The highest BCUT2D eigenvalue weighted by Gasteiger charge is 2.46. The third-order valence-electron chi connectivity index (χ3n) is 5.51. The Hall–Kier alpha value is -3.87. The molecule has 0 aliphatic carbocycles. The fourth-order valence-corrected chi connectivity index (χ4v) is 3.83. The van der Waals surface area contributed by atoms with E-state index >= 15 is 0 Å². The second-order valence-electron chi connectivity index (χ2n) is 7.90. The molecule has 164 valence electrons. The van der Waals surface area contributed by atoms with Gasteiger partial charge in [0, 0.05) is 13.6 Å². The average molecular weight is 431 g/mol. The average Bonchev–Trinajstić information content (AvgIpc) is 3.30. The van der Waals surface area contributed by atoms with Crippen LogP contribution in [0.5, 0.6) is 0 Å². The van der Waals surface area contributed by atoms with Crippen molar-refractivity contribution in [1.82, 2.24) is 14.7 Å². The van der Waals surface area contributed by atoms with Crippen LogP contribution in [-0.2, 0) is 22.7 Å². The standard InChI is InChI=1S/C25H25N3O4/c1-18-13-14-21(32-18)16-26(2)22(29)17-28-24(30)23(20-11-7-4-8-12-20)27(25(28)31)15-19-9-5-3-6-10-19/h3-14,23H,15-17H2,1-2H3. The topological polar surface area (TPSA) is 74.1 Å². The van der Waals surface area contributed by atoms with Gasteiger partial charge in [0.25, 0.3) is 5.91 Å². The van der Waals surface area contributed by atoms with Crippen molar-refractivity contribution in [1.29, 1.82) is 0 Å². The van der Waals surface area contributed by atoms with E-state index in [1.165, 1.54) is 9.80 Å². The lowest BCUT2D eigenvalue weighted by molar-refractivity contribution is -0.137. The number of hydrogen-bond donors (Lipinski definition) is 0. The SMILES string of the molecule is Cc1ccc(CN(C)C(=O)CN2C(=O)C(c3ccccc3)N(Cc3ccccc3)C2=O)o1. The number of aryl methyl sites for hydroxylation is 1. The Kier molecular flexibility index (Phi) is 6.07. The lowest BCUT2D eigenvalue weighted by Gasteiger charge is -2.22. The van der Waals surface area contributed by atoms with E-state index in [0.29, 0.717) is 5.76 Å². The summed E-state index contributed by atoms with van der Waals surface area (Å²) in [5.74, 6) is 0.667. The minimum absolute atomic E-state index is 0.263. The first-order valence-electron chi connectivity index (χ1n) is 10.4. The van der Waals surface area contributed by atoms with Crippen LogP contribution in [0.25, 0.3) is 0 Å². The van der Waals surface area contributed by atoms with E-state index in [4.69, 9.17) is 4.42 Å².